The molecule has 0 fully saturated rings. The van der Waals surface area contributed by atoms with Crippen molar-refractivity contribution in [2.24, 2.45) is 0 Å². The van der Waals surface area contributed by atoms with Gasteiger partial charge in [-0.15, -0.1) is 0 Å². The van der Waals surface area contributed by atoms with Gasteiger partial charge in [0.1, 0.15) is 0 Å². The van der Waals surface area contributed by atoms with Crippen LogP contribution in [0.2, 0.25) is 0 Å². The zero-order valence-corrected chi connectivity index (χ0v) is 11.7. The van der Waals surface area contributed by atoms with Crippen molar-refractivity contribution >= 4 is 21.6 Å². The highest BCUT2D eigenvalue weighted by atomic mass is 79.9. The quantitative estimate of drug-likeness (QED) is 0.644. The molecule has 1 N–H and O–H groups in total. The molecule has 0 saturated heterocycles. The molecule has 0 aromatic heterocycles. The second kappa shape index (κ2) is 6.71. The van der Waals surface area contributed by atoms with Crippen molar-refractivity contribution in [3.05, 3.63) is 38.3 Å². The molecular formula is C12H17BrN2O2. The lowest BCUT2D eigenvalue weighted by Crippen LogP contribution is -2.25. The highest BCUT2D eigenvalue weighted by Gasteiger charge is 2.13. The van der Waals surface area contributed by atoms with Gasteiger partial charge >= 0.3 is 0 Å². The molecule has 4 nitrogen and oxygen atoms in total. The van der Waals surface area contributed by atoms with Crippen molar-refractivity contribution in [3.63, 3.8) is 0 Å². The van der Waals surface area contributed by atoms with Gasteiger partial charge in [-0.1, -0.05) is 29.3 Å². The number of rotatable bonds is 6. The van der Waals surface area contributed by atoms with E-state index in [0.717, 1.165) is 17.3 Å². The van der Waals surface area contributed by atoms with Gasteiger partial charge in [-0.05, 0) is 25.5 Å². The molecule has 1 unspecified atom stereocenters. The molecule has 1 atom stereocenters. The van der Waals surface area contributed by atoms with Gasteiger partial charge in [0.2, 0.25) is 0 Å². The molecule has 5 heteroatoms. The fourth-order valence-electron chi connectivity index (χ4n) is 1.69. The van der Waals surface area contributed by atoms with E-state index in [9.17, 15) is 10.1 Å². The molecule has 0 amide bonds. The summed E-state index contributed by atoms with van der Waals surface area (Å²) in [6.45, 7) is 4.74. The highest BCUT2D eigenvalue weighted by molar-refractivity contribution is 9.10. The first-order valence-electron chi connectivity index (χ1n) is 5.70. The Morgan fingerprint density at radius 2 is 2.24 bits per heavy atom. The number of nitro groups is 1. The number of nitrogens with zero attached hydrogens (tertiary/aromatic N) is 1. The van der Waals surface area contributed by atoms with E-state index in [1.165, 1.54) is 6.07 Å². The molecule has 94 valence electrons. The Kier molecular flexibility index (Phi) is 5.58. The minimum atomic E-state index is -0.339. The number of benzene rings is 1. The normalized spacial score (nSPS) is 12.4. The van der Waals surface area contributed by atoms with Crippen molar-refractivity contribution < 1.29 is 4.92 Å². The molecule has 0 heterocycles. The summed E-state index contributed by atoms with van der Waals surface area (Å²) in [5.41, 5.74) is 0.886. The summed E-state index contributed by atoms with van der Waals surface area (Å²) in [4.78, 5) is 10.5. The summed E-state index contributed by atoms with van der Waals surface area (Å²) in [6.07, 6.45) is 2.18. The van der Waals surface area contributed by atoms with Crippen LogP contribution in [0.1, 0.15) is 32.3 Å². The second-order valence-corrected chi connectivity index (χ2v) is 5.02. The van der Waals surface area contributed by atoms with Crippen molar-refractivity contribution in [2.75, 3.05) is 0 Å². The molecule has 0 saturated carbocycles. The van der Waals surface area contributed by atoms with Crippen molar-refractivity contribution in [1.82, 2.24) is 5.32 Å². The SMILES string of the molecule is CCCC(C)NCc1cc(Br)ccc1[N+](=O)[O-]. The Hall–Kier alpha value is -0.940. The van der Waals surface area contributed by atoms with Crippen LogP contribution in [0.5, 0.6) is 0 Å². The molecule has 0 radical (unpaired) electrons. The summed E-state index contributed by atoms with van der Waals surface area (Å²) >= 11 is 3.33. The lowest BCUT2D eigenvalue weighted by atomic mass is 10.1. The fourth-order valence-corrected chi connectivity index (χ4v) is 2.10. The third-order valence-electron chi connectivity index (χ3n) is 2.60. The minimum Gasteiger partial charge on any atom is -0.310 e. The van der Waals surface area contributed by atoms with Crippen molar-refractivity contribution in [2.45, 2.75) is 39.3 Å². The van der Waals surface area contributed by atoms with Gasteiger partial charge < -0.3 is 5.32 Å². The maximum atomic E-state index is 10.9. The van der Waals surface area contributed by atoms with Crippen LogP contribution in [0.25, 0.3) is 0 Å². The molecule has 1 aromatic rings. The maximum absolute atomic E-state index is 10.9. The summed E-state index contributed by atoms with van der Waals surface area (Å²) in [7, 11) is 0. The van der Waals surface area contributed by atoms with E-state index in [0.29, 0.717) is 18.2 Å². The predicted octanol–water partition coefficient (Wildman–Crippen LogP) is 3.64. The van der Waals surface area contributed by atoms with Crippen LogP contribution in [0.4, 0.5) is 5.69 Å². The van der Waals surface area contributed by atoms with Crippen LogP contribution in [-0.2, 0) is 6.54 Å². The van der Waals surface area contributed by atoms with E-state index < -0.39 is 0 Å². The second-order valence-electron chi connectivity index (χ2n) is 4.10. The smallest absolute Gasteiger partial charge is 0.273 e. The highest BCUT2D eigenvalue weighted by Crippen LogP contribution is 2.23. The third kappa shape index (κ3) is 4.44. The van der Waals surface area contributed by atoms with E-state index >= 15 is 0 Å². The van der Waals surface area contributed by atoms with Crippen LogP contribution in [0.3, 0.4) is 0 Å². The number of nitrogens with one attached hydrogen (secondary N) is 1. The third-order valence-corrected chi connectivity index (χ3v) is 3.09. The van der Waals surface area contributed by atoms with Crippen LogP contribution in [0, 0.1) is 10.1 Å². The first-order chi connectivity index (χ1) is 8.04. The van der Waals surface area contributed by atoms with E-state index in [-0.39, 0.29) is 10.6 Å². The van der Waals surface area contributed by atoms with Crippen molar-refractivity contribution in [3.8, 4) is 0 Å². The Balaban J connectivity index is 2.75. The van der Waals surface area contributed by atoms with Gasteiger partial charge in [0, 0.05) is 28.7 Å². The topological polar surface area (TPSA) is 55.2 Å². The standard InChI is InChI=1S/C12H17BrN2O2/c1-3-4-9(2)14-8-10-7-11(13)5-6-12(10)15(16)17/h5-7,9,14H,3-4,8H2,1-2H3. The monoisotopic (exact) mass is 300 g/mol. The van der Waals surface area contributed by atoms with Crippen molar-refractivity contribution in [1.29, 1.82) is 0 Å². The molecule has 0 aliphatic rings. The first-order valence-corrected chi connectivity index (χ1v) is 6.50. The van der Waals surface area contributed by atoms with Gasteiger partial charge in [0.05, 0.1) is 4.92 Å². The van der Waals surface area contributed by atoms with Crippen LogP contribution >= 0.6 is 15.9 Å². The van der Waals surface area contributed by atoms with E-state index in [1.807, 2.05) is 0 Å². The molecular weight excluding hydrogens is 284 g/mol. The molecule has 0 aliphatic carbocycles. The van der Waals surface area contributed by atoms with Gasteiger partial charge in [0.25, 0.3) is 5.69 Å². The molecule has 0 bridgehead atoms. The summed E-state index contributed by atoms with van der Waals surface area (Å²) in [5, 5.41) is 14.2. The van der Waals surface area contributed by atoms with Gasteiger partial charge in [0.15, 0.2) is 0 Å². The van der Waals surface area contributed by atoms with Gasteiger partial charge in [-0.2, -0.15) is 0 Å². The molecule has 1 rings (SSSR count). The summed E-state index contributed by atoms with van der Waals surface area (Å²) in [5.74, 6) is 0. The van der Waals surface area contributed by atoms with E-state index in [4.69, 9.17) is 0 Å². The number of hydrogen-bond acceptors (Lipinski definition) is 3. The summed E-state index contributed by atoms with van der Waals surface area (Å²) in [6, 6.07) is 5.39. The zero-order valence-electron chi connectivity index (χ0n) is 10.1. The maximum Gasteiger partial charge on any atom is 0.273 e. The Labute approximate surface area is 110 Å². The molecule has 1 aromatic carbocycles. The predicted molar refractivity (Wildman–Crippen MR) is 72.0 cm³/mol. The molecule has 0 spiro atoms. The minimum absolute atomic E-state index is 0.171. The number of hydrogen-bond donors (Lipinski definition) is 1. The number of nitro benzene ring substituents is 1. The molecule has 17 heavy (non-hydrogen) atoms. The largest absolute Gasteiger partial charge is 0.310 e. The van der Waals surface area contributed by atoms with Crippen LogP contribution in [-0.4, -0.2) is 11.0 Å². The lowest BCUT2D eigenvalue weighted by molar-refractivity contribution is -0.385. The van der Waals surface area contributed by atoms with Gasteiger partial charge in [-0.25, -0.2) is 0 Å². The Bertz CT molecular complexity index is 396. The zero-order chi connectivity index (χ0) is 12.8. The number of halogens is 1. The molecule has 0 aliphatic heterocycles. The van der Waals surface area contributed by atoms with E-state index in [1.54, 1.807) is 12.1 Å². The average Bonchev–Trinajstić information content (AvgIpc) is 2.26. The summed E-state index contributed by atoms with van der Waals surface area (Å²) < 4.78 is 0.864. The Morgan fingerprint density at radius 1 is 1.53 bits per heavy atom. The lowest BCUT2D eigenvalue weighted by Gasteiger charge is -2.12. The first kappa shape index (κ1) is 14.1. The van der Waals surface area contributed by atoms with Crippen LogP contribution in [0.15, 0.2) is 22.7 Å². The fraction of sp³-hybridized carbons (Fsp3) is 0.500. The Morgan fingerprint density at radius 3 is 2.82 bits per heavy atom. The average molecular weight is 301 g/mol. The van der Waals surface area contributed by atoms with Gasteiger partial charge in [-0.3, -0.25) is 10.1 Å². The van der Waals surface area contributed by atoms with E-state index in [2.05, 4.69) is 35.1 Å². The van der Waals surface area contributed by atoms with Crippen LogP contribution < -0.4 is 5.32 Å².